The molecule has 0 saturated heterocycles. The smallest absolute Gasteiger partial charge is 0.306 e. The maximum Gasteiger partial charge on any atom is 0.306 e. The van der Waals surface area contributed by atoms with E-state index in [-0.39, 0.29) is 25.1 Å². The number of rotatable bonds is 10. The number of non-ortho nitro benzene ring substituents is 1. The first-order valence-electron chi connectivity index (χ1n) is 8.96. The number of aliphatic carboxylic acids is 1. The number of nitro groups is 1. The van der Waals surface area contributed by atoms with Crippen molar-refractivity contribution < 1.29 is 24.4 Å². The number of carbonyl (C=O) groups is 2. The van der Waals surface area contributed by atoms with E-state index in [1.165, 1.54) is 12.1 Å². The first-order valence-corrected chi connectivity index (χ1v) is 8.96. The number of carboxylic acids is 1. The number of hydrogen-bond donors (Lipinski definition) is 1. The van der Waals surface area contributed by atoms with Gasteiger partial charge in [0.2, 0.25) is 0 Å². The van der Waals surface area contributed by atoms with Gasteiger partial charge >= 0.3 is 11.9 Å². The maximum atomic E-state index is 11.4. The number of likely N-dealkylation sites (N-methyl/N-ethyl adjacent to an activating group) is 1. The highest BCUT2D eigenvalue weighted by atomic mass is 16.6. The van der Waals surface area contributed by atoms with Gasteiger partial charge in [-0.3, -0.25) is 19.7 Å². The number of hydrogen-bond acceptors (Lipinski definition) is 6. The molecule has 8 nitrogen and oxygen atoms in total. The Labute approximate surface area is 168 Å². The van der Waals surface area contributed by atoms with Crippen LogP contribution < -0.4 is 4.90 Å². The Balaban J connectivity index is 1.83. The van der Waals surface area contributed by atoms with E-state index >= 15 is 0 Å². The summed E-state index contributed by atoms with van der Waals surface area (Å²) < 4.78 is 5.02. The standard InChI is InChI=1S/C21H22N2O6/c1-22(14-15-29-21(26)13-12-20(24)25)18-8-4-16(5-9-18)2-3-17-6-10-19(11-7-17)23(27)28/h2-11H,12-15H2,1H3,(H,24,25). The molecular weight excluding hydrogens is 376 g/mol. The third-order valence-corrected chi connectivity index (χ3v) is 4.14. The number of benzene rings is 2. The van der Waals surface area contributed by atoms with Crippen LogP contribution >= 0.6 is 0 Å². The Morgan fingerprint density at radius 3 is 2.10 bits per heavy atom. The summed E-state index contributed by atoms with van der Waals surface area (Å²) in [5.41, 5.74) is 2.84. The molecule has 8 heteroatoms. The highest BCUT2D eigenvalue weighted by molar-refractivity contribution is 5.76. The van der Waals surface area contributed by atoms with Crippen LogP contribution in [-0.4, -0.2) is 42.2 Å². The average Bonchev–Trinajstić information content (AvgIpc) is 2.71. The predicted octanol–water partition coefficient (Wildman–Crippen LogP) is 3.61. The van der Waals surface area contributed by atoms with Crippen LogP contribution in [0, 0.1) is 10.1 Å². The molecule has 0 radical (unpaired) electrons. The van der Waals surface area contributed by atoms with Gasteiger partial charge in [0.05, 0.1) is 24.3 Å². The lowest BCUT2D eigenvalue weighted by atomic mass is 10.1. The van der Waals surface area contributed by atoms with E-state index in [2.05, 4.69) is 0 Å². The summed E-state index contributed by atoms with van der Waals surface area (Å²) in [6.07, 6.45) is 3.42. The SMILES string of the molecule is CN(CCOC(=O)CCC(=O)O)c1ccc(C=Cc2ccc([N+](=O)[O-])cc2)cc1. The fraction of sp³-hybridized carbons (Fsp3) is 0.238. The van der Waals surface area contributed by atoms with Crippen molar-refractivity contribution in [3.8, 4) is 0 Å². The van der Waals surface area contributed by atoms with Crippen molar-refractivity contribution in [2.75, 3.05) is 25.1 Å². The summed E-state index contributed by atoms with van der Waals surface area (Å²) in [6.45, 7) is 0.660. The monoisotopic (exact) mass is 398 g/mol. The average molecular weight is 398 g/mol. The molecule has 2 aromatic rings. The second-order valence-corrected chi connectivity index (χ2v) is 6.31. The van der Waals surface area contributed by atoms with E-state index in [1.54, 1.807) is 12.1 Å². The number of anilines is 1. The summed E-state index contributed by atoms with van der Waals surface area (Å²) in [4.78, 5) is 34.0. The van der Waals surface area contributed by atoms with E-state index in [9.17, 15) is 19.7 Å². The molecule has 0 heterocycles. The van der Waals surface area contributed by atoms with Gasteiger partial charge in [-0.2, -0.15) is 0 Å². The number of carboxylic acid groups (broad SMARTS) is 1. The van der Waals surface area contributed by atoms with Gasteiger partial charge in [-0.25, -0.2) is 0 Å². The van der Waals surface area contributed by atoms with Crippen LogP contribution in [0.5, 0.6) is 0 Å². The quantitative estimate of drug-likeness (QED) is 0.282. The fourth-order valence-corrected chi connectivity index (χ4v) is 2.45. The van der Waals surface area contributed by atoms with Crippen LogP contribution in [0.15, 0.2) is 48.5 Å². The van der Waals surface area contributed by atoms with Crippen molar-refractivity contribution in [1.29, 1.82) is 0 Å². The molecule has 0 atom stereocenters. The molecule has 0 fully saturated rings. The lowest BCUT2D eigenvalue weighted by Gasteiger charge is -2.19. The Morgan fingerprint density at radius 2 is 1.59 bits per heavy atom. The molecule has 0 aliphatic rings. The molecular formula is C21H22N2O6. The first-order chi connectivity index (χ1) is 13.8. The van der Waals surface area contributed by atoms with Gasteiger partial charge in [-0.1, -0.05) is 24.3 Å². The predicted molar refractivity (Wildman–Crippen MR) is 110 cm³/mol. The number of esters is 1. The molecule has 0 spiro atoms. The van der Waals surface area contributed by atoms with Gasteiger partial charge in [0, 0.05) is 24.9 Å². The normalized spacial score (nSPS) is 10.7. The minimum absolute atomic E-state index is 0.0575. The summed E-state index contributed by atoms with van der Waals surface area (Å²) in [5, 5.41) is 19.2. The van der Waals surface area contributed by atoms with Crippen LogP contribution in [0.1, 0.15) is 24.0 Å². The van der Waals surface area contributed by atoms with E-state index in [0.717, 1.165) is 16.8 Å². The molecule has 0 unspecified atom stereocenters. The number of ether oxygens (including phenoxy) is 1. The summed E-state index contributed by atoms with van der Waals surface area (Å²) in [5.74, 6) is -1.55. The van der Waals surface area contributed by atoms with Gasteiger partial charge in [0.25, 0.3) is 5.69 Å². The third-order valence-electron chi connectivity index (χ3n) is 4.14. The molecule has 0 aromatic heterocycles. The summed E-state index contributed by atoms with van der Waals surface area (Å²) in [7, 11) is 1.87. The van der Waals surface area contributed by atoms with E-state index in [4.69, 9.17) is 9.84 Å². The number of nitro benzene ring substituents is 1. The van der Waals surface area contributed by atoms with Crippen molar-refractivity contribution in [3.63, 3.8) is 0 Å². The van der Waals surface area contributed by atoms with Gasteiger partial charge < -0.3 is 14.7 Å². The number of nitrogens with zero attached hydrogens (tertiary/aromatic N) is 2. The van der Waals surface area contributed by atoms with E-state index in [1.807, 2.05) is 48.4 Å². The van der Waals surface area contributed by atoms with Gasteiger partial charge in [-0.05, 0) is 35.4 Å². The lowest BCUT2D eigenvalue weighted by molar-refractivity contribution is -0.384. The zero-order valence-electron chi connectivity index (χ0n) is 16.0. The molecule has 2 aromatic carbocycles. The first kappa shape index (κ1) is 21.6. The minimum Gasteiger partial charge on any atom is -0.481 e. The molecule has 0 aliphatic carbocycles. The Kier molecular flexibility index (Phi) is 7.90. The minimum atomic E-state index is -1.03. The van der Waals surface area contributed by atoms with Crippen LogP contribution in [0.2, 0.25) is 0 Å². The summed E-state index contributed by atoms with van der Waals surface area (Å²) >= 11 is 0. The molecule has 0 aliphatic heterocycles. The second kappa shape index (κ2) is 10.6. The van der Waals surface area contributed by atoms with Gasteiger partial charge in [0.1, 0.15) is 6.61 Å². The molecule has 0 bridgehead atoms. The summed E-state index contributed by atoms with van der Waals surface area (Å²) in [6, 6.07) is 14.0. The highest BCUT2D eigenvalue weighted by Gasteiger charge is 2.07. The highest BCUT2D eigenvalue weighted by Crippen LogP contribution is 2.17. The topological polar surface area (TPSA) is 110 Å². The van der Waals surface area contributed by atoms with Gasteiger partial charge in [0.15, 0.2) is 0 Å². The largest absolute Gasteiger partial charge is 0.481 e. The maximum absolute atomic E-state index is 11.4. The lowest BCUT2D eigenvalue weighted by Crippen LogP contribution is -2.24. The molecule has 0 saturated carbocycles. The Hall–Kier alpha value is -3.68. The molecule has 152 valence electrons. The molecule has 29 heavy (non-hydrogen) atoms. The van der Waals surface area contributed by atoms with Crippen LogP contribution in [0.25, 0.3) is 12.2 Å². The fourth-order valence-electron chi connectivity index (χ4n) is 2.45. The van der Waals surface area contributed by atoms with Crippen molar-refractivity contribution in [2.24, 2.45) is 0 Å². The van der Waals surface area contributed by atoms with Crippen molar-refractivity contribution in [3.05, 3.63) is 69.8 Å². The molecule has 0 amide bonds. The van der Waals surface area contributed by atoms with Crippen LogP contribution in [0.4, 0.5) is 11.4 Å². The Bertz CT molecular complexity index is 875. The van der Waals surface area contributed by atoms with Crippen molar-refractivity contribution in [2.45, 2.75) is 12.8 Å². The zero-order valence-corrected chi connectivity index (χ0v) is 16.0. The molecule has 1 N–H and O–H groups in total. The van der Waals surface area contributed by atoms with Crippen LogP contribution in [0.3, 0.4) is 0 Å². The van der Waals surface area contributed by atoms with E-state index in [0.29, 0.717) is 6.54 Å². The second-order valence-electron chi connectivity index (χ2n) is 6.31. The third kappa shape index (κ3) is 7.45. The molecule has 2 rings (SSSR count). The van der Waals surface area contributed by atoms with Crippen molar-refractivity contribution in [1.82, 2.24) is 0 Å². The van der Waals surface area contributed by atoms with Crippen LogP contribution in [-0.2, 0) is 14.3 Å². The number of carbonyl (C=O) groups excluding carboxylic acids is 1. The Morgan fingerprint density at radius 1 is 1.03 bits per heavy atom. The zero-order chi connectivity index (χ0) is 21.2. The van der Waals surface area contributed by atoms with Gasteiger partial charge in [-0.15, -0.1) is 0 Å². The van der Waals surface area contributed by atoms with E-state index < -0.39 is 16.9 Å². The van der Waals surface area contributed by atoms with Crippen molar-refractivity contribution >= 4 is 35.5 Å².